The highest BCUT2D eigenvalue weighted by Gasteiger charge is 2.21. The molecule has 2 amide bonds. The smallest absolute Gasteiger partial charge is 0.260 e. The van der Waals surface area contributed by atoms with Gasteiger partial charge < -0.3 is 5.73 Å². The minimum Gasteiger partial charge on any atom is -0.366 e. The summed E-state index contributed by atoms with van der Waals surface area (Å²) in [5.41, 5.74) is 5.61. The Morgan fingerprint density at radius 1 is 1.19 bits per heavy atom. The van der Waals surface area contributed by atoms with Gasteiger partial charge in [-0.1, -0.05) is 34.5 Å². The molecule has 1 aromatic heterocycles. The first-order chi connectivity index (χ1) is 12.6. The van der Waals surface area contributed by atoms with Crippen molar-refractivity contribution in [2.45, 2.75) is 4.90 Å². The van der Waals surface area contributed by atoms with E-state index in [0.29, 0.717) is 10.2 Å². The Bertz CT molecular complexity index is 1210. The Balaban J connectivity index is 1.97. The quantitative estimate of drug-likeness (QED) is 0.640. The van der Waals surface area contributed by atoms with Gasteiger partial charge in [0.05, 0.1) is 36.3 Å². The number of halogens is 2. The Morgan fingerprint density at radius 2 is 1.89 bits per heavy atom. The van der Waals surface area contributed by atoms with Crippen LogP contribution in [0.25, 0.3) is 10.2 Å². The van der Waals surface area contributed by atoms with E-state index < -0.39 is 21.7 Å². The summed E-state index contributed by atoms with van der Waals surface area (Å²) in [5.74, 6) is -1.46. The standard InChI is InChI=1S/C16H11Cl2N3O4S2/c1-27(24,25)7-2-5-10-11(6-7)26-16(20-10)21-15(23)12-9(17)4-3-8(13(12)18)14(19)22/h2-6H,1H3,(H2,19,22)(H,20,21,23). The highest BCUT2D eigenvalue weighted by atomic mass is 35.5. The summed E-state index contributed by atoms with van der Waals surface area (Å²) in [4.78, 5) is 28.4. The lowest BCUT2D eigenvalue weighted by atomic mass is 10.1. The zero-order chi connectivity index (χ0) is 19.9. The maximum absolute atomic E-state index is 12.6. The number of thiazole rings is 1. The SMILES string of the molecule is CS(=O)(=O)c1ccc2nc(NC(=O)c3c(Cl)ccc(C(N)=O)c3Cl)sc2c1. The second kappa shape index (κ2) is 7.08. The van der Waals surface area contributed by atoms with Gasteiger partial charge in [-0.15, -0.1) is 0 Å². The van der Waals surface area contributed by atoms with Crippen molar-refractivity contribution < 1.29 is 18.0 Å². The Kier molecular flexibility index (Phi) is 5.13. The van der Waals surface area contributed by atoms with Gasteiger partial charge >= 0.3 is 0 Å². The molecule has 3 N–H and O–H groups in total. The van der Waals surface area contributed by atoms with Crippen LogP contribution in [0.15, 0.2) is 35.2 Å². The second-order valence-corrected chi connectivity index (χ2v) is 9.35. The number of carbonyl (C=O) groups excluding carboxylic acids is 2. The Labute approximate surface area is 168 Å². The molecule has 11 heteroatoms. The van der Waals surface area contributed by atoms with Gasteiger partial charge in [0.1, 0.15) is 0 Å². The number of rotatable bonds is 4. The highest BCUT2D eigenvalue weighted by Crippen LogP contribution is 2.31. The lowest BCUT2D eigenvalue weighted by Gasteiger charge is -2.09. The molecule has 3 aromatic rings. The molecule has 0 spiro atoms. The van der Waals surface area contributed by atoms with Crippen LogP contribution in [0, 0.1) is 0 Å². The number of benzene rings is 2. The van der Waals surface area contributed by atoms with Crippen molar-refractivity contribution in [1.82, 2.24) is 4.98 Å². The number of amides is 2. The van der Waals surface area contributed by atoms with E-state index in [2.05, 4.69) is 10.3 Å². The van der Waals surface area contributed by atoms with Crippen molar-refractivity contribution in [1.29, 1.82) is 0 Å². The normalized spacial score (nSPS) is 11.5. The van der Waals surface area contributed by atoms with Crippen LogP contribution >= 0.6 is 34.5 Å². The zero-order valence-electron chi connectivity index (χ0n) is 13.6. The van der Waals surface area contributed by atoms with Crippen LogP contribution in [-0.2, 0) is 9.84 Å². The van der Waals surface area contributed by atoms with Gasteiger partial charge in [0.25, 0.3) is 5.91 Å². The molecule has 0 fully saturated rings. The maximum atomic E-state index is 12.6. The Morgan fingerprint density at radius 3 is 2.52 bits per heavy atom. The first kappa shape index (κ1) is 19.6. The molecule has 0 unspecified atom stereocenters. The number of anilines is 1. The van der Waals surface area contributed by atoms with E-state index in [1.165, 1.54) is 24.3 Å². The van der Waals surface area contributed by atoms with E-state index in [9.17, 15) is 18.0 Å². The van der Waals surface area contributed by atoms with Gasteiger partial charge in [-0.05, 0) is 30.3 Å². The first-order valence-electron chi connectivity index (χ1n) is 7.27. The van der Waals surface area contributed by atoms with Crippen LogP contribution in [-0.4, -0.2) is 31.5 Å². The number of hydrogen-bond acceptors (Lipinski definition) is 6. The largest absolute Gasteiger partial charge is 0.366 e. The predicted molar refractivity (Wildman–Crippen MR) is 106 cm³/mol. The van der Waals surface area contributed by atoms with E-state index in [1.807, 2.05) is 0 Å². The van der Waals surface area contributed by atoms with Gasteiger partial charge in [-0.3, -0.25) is 14.9 Å². The average molecular weight is 444 g/mol. The van der Waals surface area contributed by atoms with Crippen molar-refractivity contribution in [2.75, 3.05) is 11.6 Å². The molecule has 0 aliphatic heterocycles. The number of aromatic nitrogens is 1. The maximum Gasteiger partial charge on any atom is 0.260 e. The molecular formula is C16H11Cl2N3O4S2. The van der Waals surface area contributed by atoms with Crippen LogP contribution < -0.4 is 11.1 Å². The van der Waals surface area contributed by atoms with E-state index in [-0.39, 0.29) is 31.2 Å². The second-order valence-electron chi connectivity index (χ2n) is 5.52. The first-order valence-corrected chi connectivity index (χ1v) is 10.7. The molecular weight excluding hydrogens is 433 g/mol. The number of nitrogens with two attached hydrogens (primary N) is 1. The van der Waals surface area contributed by atoms with Crippen LogP contribution in [0.2, 0.25) is 10.0 Å². The van der Waals surface area contributed by atoms with Crippen molar-refractivity contribution in [3.63, 3.8) is 0 Å². The van der Waals surface area contributed by atoms with E-state index >= 15 is 0 Å². The fourth-order valence-electron chi connectivity index (χ4n) is 2.30. The van der Waals surface area contributed by atoms with Gasteiger partial charge in [0.2, 0.25) is 5.91 Å². The van der Waals surface area contributed by atoms with Crippen LogP contribution in [0.1, 0.15) is 20.7 Å². The average Bonchev–Trinajstić information content (AvgIpc) is 2.94. The van der Waals surface area contributed by atoms with Crippen LogP contribution in [0.3, 0.4) is 0 Å². The number of nitrogens with zero attached hydrogens (tertiary/aromatic N) is 1. The molecule has 7 nitrogen and oxygen atoms in total. The molecule has 27 heavy (non-hydrogen) atoms. The van der Waals surface area contributed by atoms with Crippen molar-refractivity contribution >= 4 is 71.5 Å². The summed E-state index contributed by atoms with van der Waals surface area (Å²) in [6.07, 6.45) is 1.10. The number of carbonyl (C=O) groups is 2. The fourth-order valence-corrected chi connectivity index (χ4v) is 4.56. The highest BCUT2D eigenvalue weighted by molar-refractivity contribution is 7.90. The molecule has 0 saturated heterocycles. The molecule has 0 aliphatic rings. The lowest BCUT2D eigenvalue weighted by molar-refractivity contribution is 0.100. The molecule has 1 heterocycles. The molecule has 140 valence electrons. The predicted octanol–water partition coefficient (Wildman–Crippen LogP) is 3.36. The van der Waals surface area contributed by atoms with Gasteiger partial charge in [0.15, 0.2) is 15.0 Å². The van der Waals surface area contributed by atoms with Crippen LogP contribution in [0.4, 0.5) is 5.13 Å². The monoisotopic (exact) mass is 443 g/mol. The summed E-state index contributed by atoms with van der Waals surface area (Å²) in [5, 5.41) is 2.66. The minimum absolute atomic E-state index is 0.0340. The van der Waals surface area contributed by atoms with Crippen LogP contribution in [0.5, 0.6) is 0 Å². The molecule has 0 radical (unpaired) electrons. The molecule has 0 saturated carbocycles. The number of primary amides is 1. The molecule has 2 aromatic carbocycles. The molecule has 0 aliphatic carbocycles. The number of hydrogen-bond donors (Lipinski definition) is 2. The third-order valence-electron chi connectivity index (χ3n) is 3.59. The summed E-state index contributed by atoms with van der Waals surface area (Å²) in [6, 6.07) is 7.14. The van der Waals surface area contributed by atoms with Crippen molar-refractivity contribution in [3.05, 3.63) is 51.5 Å². The van der Waals surface area contributed by atoms with Crippen molar-refractivity contribution in [3.8, 4) is 0 Å². The Hall–Kier alpha value is -2.20. The number of fused-ring (bicyclic) bond motifs is 1. The van der Waals surface area contributed by atoms with E-state index in [0.717, 1.165) is 17.6 Å². The number of sulfone groups is 1. The minimum atomic E-state index is -3.36. The van der Waals surface area contributed by atoms with E-state index in [4.69, 9.17) is 28.9 Å². The van der Waals surface area contributed by atoms with E-state index in [1.54, 1.807) is 6.07 Å². The fraction of sp³-hybridized carbons (Fsp3) is 0.0625. The summed E-state index contributed by atoms with van der Waals surface area (Å²) in [7, 11) is -3.36. The van der Waals surface area contributed by atoms with Gasteiger partial charge in [-0.25, -0.2) is 13.4 Å². The molecule has 3 rings (SSSR count). The number of nitrogens with one attached hydrogen (secondary N) is 1. The molecule has 0 atom stereocenters. The summed E-state index contributed by atoms with van der Waals surface area (Å²) < 4.78 is 23.9. The van der Waals surface area contributed by atoms with Gasteiger partial charge in [0, 0.05) is 6.26 Å². The van der Waals surface area contributed by atoms with Crippen molar-refractivity contribution in [2.24, 2.45) is 5.73 Å². The summed E-state index contributed by atoms with van der Waals surface area (Å²) >= 11 is 13.2. The zero-order valence-corrected chi connectivity index (χ0v) is 16.8. The summed E-state index contributed by atoms with van der Waals surface area (Å²) in [6.45, 7) is 0. The third kappa shape index (κ3) is 3.91. The third-order valence-corrected chi connectivity index (χ3v) is 6.34. The topological polar surface area (TPSA) is 119 Å². The molecule has 0 bridgehead atoms. The lowest BCUT2D eigenvalue weighted by Crippen LogP contribution is -2.17. The van der Waals surface area contributed by atoms with Gasteiger partial charge in [-0.2, -0.15) is 0 Å².